The lowest BCUT2D eigenvalue weighted by Crippen LogP contribution is -2.33. The van der Waals surface area contributed by atoms with Gasteiger partial charge >= 0.3 is 0 Å². The van der Waals surface area contributed by atoms with E-state index in [2.05, 4.69) is 5.32 Å². The van der Waals surface area contributed by atoms with Gasteiger partial charge in [0.15, 0.2) is 0 Å². The highest BCUT2D eigenvalue weighted by atomic mass is 16.6. The van der Waals surface area contributed by atoms with E-state index in [0.29, 0.717) is 17.8 Å². The number of nitrogens with one attached hydrogen (secondary N) is 1. The largest absolute Gasteiger partial charge is 0.497 e. The molecule has 7 nitrogen and oxygen atoms in total. The summed E-state index contributed by atoms with van der Waals surface area (Å²) in [5.74, 6) is 0.473. The lowest BCUT2D eigenvalue weighted by atomic mass is 10.1. The molecule has 3 aromatic carbocycles. The van der Waals surface area contributed by atoms with Gasteiger partial charge < -0.3 is 15.0 Å². The Morgan fingerprint density at radius 3 is 2.37 bits per heavy atom. The highest BCUT2D eigenvalue weighted by Crippen LogP contribution is 2.26. The van der Waals surface area contributed by atoms with E-state index in [9.17, 15) is 14.9 Å². The van der Waals surface area contributed by atoms with Gasteiger partial charge in [-0.05, 0) is 42.8 Å². The molecule has 0 aromatic heterocycles. The van der Waals surface area contributed by atoms with Crippen LogP contribution in [-0.2, 0) is 11.3 Å². The van der Waals surface area contributed by atoms with Crippen molar-refractivity contribution in [1.82, 2.24) is 0 Å². The van der Waals surface area contributed by atoms with Crippen molar-refractivity contribution in [2.24, 2.45) is 0 Å². The van der Waals surface area contributed by atoms with E-state index in [0.717, 1.165) is 17.0 Å². The van der Waals surface area contributed by atoms with Gasteiger partial charge in [-0.2, -0.15) is 0 Å². The van der Waals surface area contributed by atoms with Crippen LogP contribution in [0.5, 0.6) is 5.75 Å². The third-order valence-corrected chi connectivity index (χ3v) is 4.76. The third kappa shape index (κ3) is 5.14. The molecule has 30 heavy (non-hydrogen) atoms. The van der Waals surface area contributed by atoms with Gasteiger partial charge in [-0.15, -0.1) is 0 Å². The molecule has 0 radical (unpaired) electrons. The number of nitro groups is 1. The monoisotopic (exact) mass is 405 g/mol. The minimum atomic E-state index is -0.454. The average molecular weight is 405 g/mol. The van der Waals surface area contributed by atoms with Crippen molar-refractivity contribution >= 4 is 23.0 Å². The molecule has 0 spiro atoms. The van der Waals surface area contributed by atoms with Gasteiger partial charge in [0, 0.05) is 18.3 Å². The quantitative estimate of drug-likeness (QED) is 0.439. The molecule has 7 heteroatoms. The van der Waals surface area contributed by atoms with Crippen molar-refractivity contribution < 1.29 is 14.5 Å². The molecule has 0 unspecified atom stereocenters. The van der Waals surface area contributed by atoms with E-state index in [1.807, 2.05) is 59.5 Å². The first-order chi connectivity index (χ1) is 14.5. The number of rotatable bonds is 8. The summed E-state index contributed by atoms with van der Waals surface area (Å²) in [6.45, 7) is 2.25. The summed E-state index contributed by atoms with van der Waals surface area (Å²) in [5, 5.41) is 14.0. The molecular formula is C23H23N3O4. The molecule has 0 bridgehead atoms. The van der Waals surface area contributed by atoms with Crippen LogP contribution in [0.15, 0.2) is 72.8 Å². The summed E-state index contributed by atoms with van der Waals surface area (Å²) < 4.78 is 5.22. The predicted octanol–water partition coefficient (Wildman–Crippen LogP) is 4.56. The number of methoxy groups -OCH3 is 1. The molecule has 0 atom stereocenters. The van der Waals surface area contributed by atoms with E-state index in [4.69, 9.17) is 4.74 Å². The maximum atomic E-state index is 12.8. The minimum Gasteiger partial charge on any atom is -0.497 e. The average Bonchev–Trinajstić information content (AvgIpc) is 2.75. The fourth-order valence-corrected chi connectivity index (χ4v) is 3.16. The van der Waals surface area contributed by atoms with Gasteiger partial charge in [-0.25, -0.2) is 0 Å². The molecule has 3 aromatic rings. The maximum Gasteiger partial charge on any atom is 0.274 e. The zero-order valence-electron chi connectivity index (χ0n) is 16.9. The second-order valence-corrected chi connectivity index (χ2v) is 6.79. The van der Waals surface area contributed by atoms with Crippen LogP contribution in [0.1, 0.15) is 11.1 Å². The number of benzene rings is 3. The van der Waals surface area contributed by atoms with E-state index in [1.165, 1.54) is 6.07 Å². The molecular weight excluding hydrogens is 382 g/mol. The Morgan fingerprint density at radius 2 is 1.73 bits per heavy atom. The molecule has 0 aliphatic carbocycles. The molecule has 0 fully saturated rings. The SMILES string of the molecule is COc1ccc(N(CC(=O)Nc2cccc([N+](=O)[O-])c2C)Cc2ccccc2)cc1. The highest BCUT2D eigenvalue weighted by molar-refractivity contribution is 5.95. The van der Waals surface area contributed by atoms with Gasteiger partial charge in [0.25, 0.3) is 5.69 Å². The standard InChI is InChI=1S/C23H23N3O4/c1-17-21(9-6-10-22(17)26(28)29)24-23(27)16-25(15-18-7-4-3-5-8-18)19-11-13-20(30-2)14-12-19/h3-14H,15-16H2,1-2H3,(H,24,27). The summed E-state index contributed by atoms with van der Waals surface area (Å²) in [4.78, 5) is 25.4. The third-order valence-electron chi connectivity index (χ3n) is 4.76. The summed E-state index contributed by atoms with van der Waals surface area (Å²) in [5.41, 5.74) is 2.76. The molecule has 0 saturated heterocycles. The van der Waals surface area contributed by atoms with E-state index in [1.54, 1.807) is 26.2 Å². The Kier molecular flexibility index (Phi) is 6.64. The second kappa shape index (κ2) is 9.56. The number of hydrogen-bond acceptors (Lipinski definition) is 5. The number of carbonyl (C=O) groups excluding carboxylic acids is 1. The first kappa shape index (κ1) is 20.9. The first-order valence-electron chi connectivity index (χ1n) is 9.44. The number of anilines is 2. The Morgan fingerprint density at radius 1 is 1.03 bits per heavy atom. The highest BCUT2D eigenvalue weighted by Gasteiger charge is 2.17. The smallest absolute Gasteiger partial charge is 0.274 e. The molecule has 3 rings (SSSR count). The lowest BCUT2D eigenvalue weighted by molar-refractivity contribution is -0.385. The van der Waals surface area contributed by atoms with Crippen molar-refractivity contribution in [3.05, 3.63) is 94.0 Å². The summed E-state index contributed by atoms with van der Waals surface area (Å²) >= 11 is 0. The van der Waals surface area contributed by atoms with Crippen LogP contribution in [0, 0.1) is 17.0 Å². The number of nitro benzene ring substituents is 1. The summed E-state index contributed by atoms with van der Waals surface area (Å²) in [6, 6.07) is 22.0. The molecule has 0 saturated carbocycles. The summed E-state index contributed by atoms with van der Waals surface area (Å²) in [7, 11) is 1.60. The number of hydrogen-bond donors (Lipinski definition) is 1. The van der Waals surface area contributed by atoms with Crippen molar-refractivity contribution in [3.8, 4) is 5.75 Å². The van der Waals surface area contributed by atoms with Crippen molar-refractivity contribution in [2.75, 3.05) is 23.9 Å². The number of ether oxygens (including phenoxy) is 1. The molecule has 0 aliphatic rings. The fourth-order valence-electron chi connectivity index (χ4n) is 3.16. The molecule has 0 aliphatic heterocycles. The first-order valence-corrected chi connectivity index (χ1v) is 9.44. The predicted molar refractivity (Wildman–Crippen MR) is 117 cm³/mol. The molecule has 154 valence electrons. The van der Waals surface area contributed by atoms with Crippen LogP contribution in [-0.4, -0.2) is 24.5 Å². The fraction of sp³-hybridized carbons (Fsp3) is 0.174. The van der Waals surface area contributed by atoms with Crippen LogP contribution >= 0.6 is 0 Å². The van der Waals surface area contributed by atoms with E-state index >= 15 is 0 Å². The zero-order valence-corrected chi connectivity index (χ0v) is 16.9. The maximum absolute atomic E-state index is 12.8. The Bertz CT molecular complexity index is 1020. The number of amides is 1. The Balaban J connectivity index is 1.80. The van der Waals surface area contributed by atoms with Gasteiger partial charge in [0.05, 0.1) is 29.8 Å². The van der Waals surface area contributed by atoms with Gasteiger partial charge in [-0.3, -0.25) is 14.9 Å². The van der Waals surface area contributed by atoms with Gasteiger partial charge in [0.2, 0.25) is 5.91 Å². The van der Waals surface area contributed by atoms with Gasteiger partial charge in [-0.1, -0.05) is 36.4 Å². The van der Waals surface area contributed by atoms with Crippen molar-refractivity contribution in [2.45, 2.75) is 13.5 Å². The van der Waals surface area contributed by atoms with Crippen LogP contribution in [0.2, 0.25) is 0 Å². The minimum absolute atomic E-state index is 0.0240. The second-order valence-electron chi connectivity index (χ2n) is 6.79. The van der Waals surface area contributed by atoms with Gasteiger partial charge in [0.1, 0.15) is 5.75 Å². The van der Waals surface area contributed by atoms with Crippen LogP contribution in [0.4, 0.5) is 17.1 Å². The van der Waals surface area contributed by atoms with Crippen molar-refractivity contribution in [1.29, 1.82) is 0 Å². The van der Waals surface area contributed by atoms with Crippen LogP contribution < -0.4 is 15.0 Å². The summed E-state index contributed by atoms with van der Waals surface area (Å²) in [6.07, 6.45) is 0. The van der Waals surface area contributed by atoms with Crippen molar-refractivity contribution in [3.63, 3.8) is 0 Å². The Labute approximate surface area is 175 Å². The number of nitrogens with zero attached hydrogens (tertiary/aromatic N) is 2. The van der Waals surface area contributed by atoms with E-state index in [-0.39, 0.29) is 18.1 Å². The topological polar surface area (TPSA) is 84.7 Å². The molecule has 0 heterocycles. The normalized spacial score (nSPS) is 10.3. The molecule has 1 N–H and O–H groups in total. The zero-order chi connectivity index (χ0) is 21.5. The lowest BCUT2D eigenvalue weighted by Gasteiger charge is -2.25. The molecule has 1 amide bonds. The van der Waals surface area contributed by atoms with Crippen LogP contribution in [0.3, 0.4) is 0 Å². The van der Waals surface area contributed by atoms with E-state index < -0.39 is 4.92 Å². The number of carbonyl (C=O) groups is 1. The van der Waals surface area contributed by atoms with Crippen LogP contribution in [0.25, 0.3) is 0 Å². The Hall–Kier alpha value is -3.87.